The molecule has 1 aromatic rings. The van der Waals surface area contributed by atoms with Crippen molar-refractivity contribution in [1.29, 1.82) is 0 Å². The van der Waals surface area contributed by atoms with Crippen molar-refractivity contribution in [1.82, 2.24) is 10.3 Å². The van der Waals surface area contributed by atoms with Gasteiger partial charge in [-0.2, -0.15) is 0 Å². The average molecular weight is 223 g/mol. The predicted octanol–water partition coefficient (Wildman–Crippen LogP) is 1.27. The molecule has 0 unspecified atom stereocenters. The number of pyridine rings is 1. The van der Waals surface area contributed by atoms with Crippen LogP contribution in [0.5, 0.6) is 5.88 Å². The van der Waals surface area contributed by atoms with E-state index in [-0.39, 0.29) is 5.69 Å². The molecular formula is C10H13N3O3. The fraction of sp³-hybridized carbons (Fsp3) is 0.300. The Morgan fingerprint density at radius 1 is 1.69 bits per heavy atom. The Morgan fingerprint density at radius 3 is 3.00 bits per heavy atom. The van der Waals surface area contributed by atoms with Crippen molar-refractivity contribution in [3.05, 3.63) is 40.2 Å². The van der Waals surface area contributed by atoms with Crippen molar-refractivity contribution in [3.8, 4) is 5.88 Å². The highest BCUT2D eigenvalue weighted by Gasteiger charge is 2.14. The summed E-state index contributed by atoms with van der Waals surface area (Å²) in [6.45, 7) is 0. The Labute approximate surface area is 93.1 Å². The number of allylic oxidation sites excluding steroid dienone is 1. The summed E-state index contributed by atoms with van der Waals surface area (Å²) in [7, 11) is 3.24. The lowest BCUT2D eigenvalue weighted by Crippen LogP contribution is -1.98. The summed E-state index contributed by atoms with van der Waals surface area (Å²) >= 11 is 0. The number of methoxy groups -OCH3 is 1. The minimum absolute atomic E-state index is 0.00144. The zero-order valence-corrected chi connectivity index (χ0v) is 9.14. The third-order valence-corrected chi connectivity index (χ3v) is 1.97. The Balaban J connectivity index is 3.00. The van der Waals surface area contributed by atoms with E-state index in [1.54, 1.807) is 25.4 Å². The topological polar surface area (TPSA) is 77.3 Å². The molecule has 0 aliphatic carbocycles. The lowest BCUT2D eigenvalue weighted by molar-refractivity contribution is -0.385. The summed E-state index contributed by atoms with van der Waals surface area (Å²) < 4.78 is 4.92. The number of rotatable bonds is 5. The first-order valence-electron chi connectivity index (χ1n) is 4.68. The molecule has 1 aromatic heterocycles. The normalized spacial score (nSPS) is 10.4. The maximum absolute atomic E-state index is 10.7. The highest BCUT2D eigenvalue weighted by Crippen LogP contribution is 2.21. The van der Waals surface area contributed by atoms with Gasteiger partial charge < -0.3 is 10.1 Å². The molecule has 0 atom stereocenters. The van der Waals surface area contributed by atoms with Crippen molar-refractivity contribution < 1.29 is 9.66 Å². The molecule has 6 nitrogen and oxygen atoms in total. The predicted molar refractivity (Wildman–Crippen MR) is 59.3 cm³/mol. The molecule has 0 saturated heterocycles. The van der Waals surface area contributed by atoms with Crippen LogP contribution in [0.1, 0.15) is 5.56 Å². The van der Waals surface area contributed by atoms with E-state index in [2.05, 4.69) is 10.3 Å². The molecule has 0 fully saturated rings. The zero-order valence-electron chi connectivity index (χ0n) is 9.14. The van der Waals surface area contributed by atoms with E-state index < -0.39 is 4.92 Å². The second-order valence-electron chi connectivity index (χ2n) is 3.01. The summed E-state index contributed by atoms with van der Waals surface area (Å²) in [6, 6.07) is 1.57. The van der Waals surface area contributed by atoms with Gasteiger partial charge in [-0.05, 0) is 12.6 Å². The minimum atomic E-state index is -0.449. The van der Waals surface area contributed by atoms with Crippen LogP contribution in [0, 0.1) is 10.1 Å². The molecule has 0 bridgehead atoms. The van der Waals surface area contributed by atoms with Crippen LogP contribution in [0.2, 0.25) is 0 Å². The van der Waals surface area contributed by atoms with Crippen molar-refractivity contribution in [2.24, 2.45) is 0 Å². The Bertz CT molecular complexity index is 404. The van der Waals surface area contributed by atoms with Crippen LogP contribution < -0.4 is 10.1 Å². The van der Waals surface area contributed by atoms with Crippen molar-refractivity contribution in [3.63, 3.8) is 0 Å². The van der Waals surface area contributed by atoms with Crippen molar-refractivity contribution in [2.45, 2.75) is 6.42 Å². The van der Waals surface area contributed by atoms with E-state index in [0.717, 1.165) is 0 Å². The number of ether oxygens (including phenoxy) is 1. The van der Waals surface area contributed by atoms with E-state index in [1.807, 2.05) is 0 Å². The van der Waals surface area contributed by atoms with E-state index in [1.165, 1.54) is 13.3 Å². The van der Waals surface area contributed by atoms with Crippen molar-refractivity contribution >= 4 is 5.69 Å². The van der Waals surface area contributed by atoms with Gasteiger partial charge in [0.25, 0.3) is 5.69 Å². The minimum Gasteiger partial charge on any atom is -0.481 e. The molecule has 0 spiro atoms. The van der Waals surface area contributed by atoms with Crippen LogP contribution in [-0.4, -0.2) is 24.1 Å². The molecule has 0 radical (unpaired) electrons. The maximum Gasteiger partial charge on any atom is 0.291 e. The summed E-state index contributed by atoms with van der Waals surface area (Å²) in [5.41, 5.74) is 0.574. The van der Waals surface area contributed by atoms with Crippen LogP contribution in [0.3, 0.4) is 0 Å². The monoisotopic (exact) mass is 223 g/mol. The molecule has 6 heteroatoms. The summed E-state index contributed by atoms with van der Waals surface area (Å²) in [6.07, 6.45) is 5.18. The summed E-state index contributed by atoms with van der Waals surface area (Å²) in [5.74, 6) is 0.374. The smallest absolute Gasteiger partial charge is 0.291 e. The molecule has 0 saturated carbocycles. The van der Waals surface area contributed by atoms with E-state index in [0.29, 0.717) is 17.9 Å². The highest BCUT2D eigenvalue weighted by atomic mass is 16.6. The SMILES string of the molecule is CN/C=C/Cc1cc(OC)ncc1[N+](=O)[O-]. The second kappa shape index (κ2) is 5.69. The lowest BCUT2D eigenvalue weighted by atomic mass is 10.1. The van der Waals surface area contributed by atoms with Gasteiger partial charge in [-0.25, -0.2) is 4.98 Å². The van der Waals surface area contributed by atoms with E-state index in [4.69, 9.17) is 4.74 Å². The molecule has 0 aliphatic heterocycles. The first-order chi connectivity index (χ1) is 7.69. The number of aromatic nitrogens is 1. The molecule has 0 aliphatic rings. The van der Waals surface area contributed by atoms with Crippen LogP contribution in [-0.2, 0) is 6.42 Å². The summed E-state index contributed by atoms with van der Waals surface area (Å²) in [4.78, 5) is 14.1. The molecule has 0 amide bonds. The number of nitro groups is 1. The van der Waals surface area contributed by atoms with Gasteiger partial charge in [0.2, 0.25) is 5.88 Å². The van der Waals surface area contributed by atoms with E-state index in [9.17, 15) is 10.1 Å². The van der Waals surface area contributed by atoms with Gasteiger partial charge in [-0.1, -0.05) is 6.08 Å². The Hall–Kier alpha value is -2.11. The number of nitrogens with one attached hydrogen (secondary N) is 1. The molecule has 1 rings (SSSR count). The second-order valence-corrected chi connectivity index (χ2v) is 3.01. The van der Waals surface area contributed by atoms with Crippen molar-refractivity contribution in [2.75, 3.05) is 14.2 Å². The molecular weight excluding hydrogens is 210 g/mol. The Kier molecular flexibility index (Phi) is 4.26. The largest absolute Gasteiger partial charge is 0.481 e. The molecule has 86 valence electrons. The van der Waals surface area contributed by atoms with Crippen LogP contribution in [0.4, 0.5) is 5.69 Å². The third kappa shape index (κ3) is 2.94. The quantitative estimate of drug-likeness (QED) is 0.601. The van der Waals surface area contributed by atoms with Gasteiger partial charge in [-0.15, -0.1) is 0 Å². The van der Waals surface area contributed by atoms with Gasteiger partial charge in [0, 0.05) is 18.7 Å². The maximum atomic E-state index is 10.7. The van der Waals surface area contributed by atoms with Gasteiger partial charge >= 0.3 is 0 Å². The first-order valence-corrected chi connectivity index (χ1v) is 4.68. The zero-order chi connectivity index (χ0) is 12.0. The fourth-order valence-corrected chi connectivity index (χ4v) is 1.21. The molecule has 1 N–H and O–H groups in total. The molecule has 1 heterocycles. The van der Waals surface area contributed by atoms with Gasteiger partial charge in [0.05, 0.1) is 12.0 Å². The standard InChI is InChI=1S/C10H13N3O3/c1-11-5-3-4-8-6-10(16-2)12-7-9(8)13(14)15/h3,5-7,11H,4H2,1-2H3/b5-3+. The first kappa shape index (κ1) is 12.0. The van der Waals surface area contributed by atoms with Crippen LogP contribution in [0.25, 0.3) is 0 Å². The van der Waals surface area contributed by atoms with Gasteiger partial charge in [0.15, 0.2) is 0 Å². The van der Waals surface area contributed by atoms with Gasteiger partial charge in [0.1, 0.15) is 6.20 Å². The Morgan fingerprint density at radius 2 is 2.44 bits per heavy atom. The third-order valence-electron chi connectivity index (χ3n) is 1.97. The molecule has 0 aromatic carbocycles. The number of hydrogen-bond donors (Lipinski definition) is 1. The number of nitrogens with zero attached hydrogens (tertiary/aromatic N) is 2. The van der Waals surface area contributed by atoms with Crippen LogP contribution >= 0.6 is 0 Å². The number of hydrogen-bond acceptors (Lipinski definition) is 5. The molecule has 16 heavy (non-hydrogen) atoms. The van der Waals surface area contributed by atoms with E-state index >= 15 is 0 Å². The van der Waals surface area contributed by atoms with Crippen LogP contribution in [0.15, 0.2) is 24.5 Å². The van der Waals surface area contributed by atoms with Gasteiger partial charge in [-0.3, -0.25) is 10.1 Å². The summed E-state index contributed by atoms with van der Waals surface area (Å²) in [5, 5.41) is 13.6. The average Bonchev–Trinajstić information content (AvgIpc) is 2.29. The fourth-order valence-electron chi connectivity index (χ4n) is 1.21. The lowest BCUT2D eigenvalue weighted by Gasteiger charge is -2.02. The highest BCUT2D eigenvalue weighted by molar-refractivity contribution is 5.41.